The summed E-state index contributed by atoms with van der Waals surface area (Å²) in [6.07, 6.45) is 4.36. The van der Waals surface area contributed by atoms with Crippen molar-refractivity contribution in [3.63, 3.8) is 0 Å². The molecule has 2 heterocycles. The van der Waals surface area contributed by atoms with Crippen molar-refractivity contribution in [3.8, 4) is 0 Å². The van der Waals surface area contributed by atoms with Gasteiger partial charge in [-0.05, 0) is 37.3 Å². The predicted octanol–water partition coefficient (Wildman–Crippen LogP) is 1.76. The third-order valence-corrected chi connectivity index (χ3v) is 4.16. The van der Waals surface area contributed by atoms with Crippen LogP contribution in [0.3, 0.4) is 0 Å². The van der Waals surface area contributed by atoms with Crippen LogP contribution in [0.5, 0.6) is 0 Å². The molecular formula is C15H21N3O. The van der Waals surface area contributed by atoms with Crippen LogP contribution in [0.4, 0.5) is 11.4 Å². The third-order valence-electron chi connectivity index (χ3n) is 4.16. The van der Waals surface area contributed by atoms with Gasteiger partial charge >= 0.3 is 0 Å². The van der Waals surface area contributed by atoms with Gasteiger partial charge in [-0.1, -0.05) is 12.1 Å². The lowest BCUT2D eigenvalue weighted by Crippen LogP contribution is -2.42. The number of hydrogen-bond donors (Lipinski definition) is 2. The molecule has 19 heavy (non-hydrogen) atoms. The van der Waals surface area contributed by atoms with Crippen LogP contribution in [0.2, 0.25) is 0 Å². The lowest BCUT2D eigenvalue weighted by Gasteiger charge is -2.30. The van der Waals surface area contributed by atoms with E-state index in [1.165, 1.54) is 23.4 Å². The van der Waals surface area contributed by atoms with Gasteiger partial charge < -0.3 is 15.5 Å². The summed E-state index contributed by atoms with van der Waals surface area (Å²) in [6.45, 7) is 2.00. The van der Waals surface area contributed by atoms with E-state index in [0.717, 1.165) is 32.4 Å². The summed E-state index contributed by atoms with van der Waals surface area (Å²) in [5, 5.41) is 6.30. The van der Waals surface area contributed by atoms with E-state index in [1.807, 2.05) is 0 Å². The first-order valence-electron chi connectivity index (χ1n) is 7.15. The largest absolute Gasteiger partial charge is 0.383 e. The number of para-hydroxylation sites is 1. The maximum absolute atomic E-state index is 12.0. The van der Waals surface area contributed by atoms with E-state index in [0.29, 0.717) is 0 Å². The summed E-state index contributed by atoms with van der Waals surface area (Å²) in [4.78, 5) is 14.3. The first-order chi connectivity index (χ1) is 9.31. The number of fused-ring (bicyclic) bond motifs is 1. The lowest BCUT2D eigenvalue weighted by molar-refractivity contribution is -0.121. The summed E-state index contributed by atoms with van der Waals surface area (Å²) in [7, 11) is 1.72. The number of anilines is 2. The molecule has 0 spiro atoms. The topological polar surface area (TPSA) is 44.4 Å². The monoisotopic (exact) mass is 259 g/mol. The quantitative estimate of drug-likeness (QED) is 0.850. The normalized spacial score (nSPS) is 21.7. The molecule has 1 unspecified atom stereocenters. The summed E-state index contributed by atoms with van der Waals surface area (Å²) >= 11 is 0. The Hall–Kier alpha value is -1.71. The van der Waals surface area contributed by atoms with Crippen molar-refractivity contribution in [2.45, 2.75) is 31.7 Å². The fourth-order valence-corrected chi connectivity index (χ4v) is 3.22. The molecule has 102 valence electrons. The van der Waals surface area contributed by atoms with Gasteiger partial charge in [0.15, 0.2) is 0 Å². The second-order valence-electron chi connectivity index (χ2n) is 5.31. The molecule has 0 bridgehead atoms. The van der Waals surface area contributed by atoms with Crippen molar-refractivity contribution < 1.29 is 4.79 Å². The van der Waals surface area contributed by atoms with Crippen LogP contribution in [-0.2, 0) is 11.2 Å². The molecule has 3 rings (SSSR count). The van der Waals surface area contributed by atoms with Gasteiger partial charge in [0, 0.05) is 20.1 Å². The van der Waals surface area contributed by atoms with Gasteiger partial charge in [-0.25, -0.2) is 0 Å². The molecule has 2 N–H and O–H groups in total. The molecule has 4 heteroatoms. The maximum atomic E-state index is 12.0. The number of benzene rings is 1. The summed E-state index contributed by atoms with van der Waals surface area (Å²) in [6, 6.07) is 6.43. The molecule has 2 aliphatic rings. The highest BCUT2D eigenvalue weighted by atomic mass is 16.2. The highest BCUT2D eigenvalue weighted by Crippen LogP contribution is 2.36. The summed E-state index contributed by atoms with van der Waals surface area (Å²) in [5.41, 5.74) is 3.82. The number of hydrogen-bond acceptors (Lipinski definition) is 3. The van der Waals surface area contributed by atoms with Gasteiger partial charge in [0.1, 0.15) is 6.04 Å². The maximum Gasteiger partial charge on any atom is 0.242 e. The Bertz CT molecular complexity index is 486. The fourth-order valence-electron chi connectivity index (χ4n) is 3.22. The number of nitrogens with zero attached hydrogens (tertiary/aromatic N) is 1. The first-order valence-corrected chi connectivity index (χ1v) is 7.15. The standard InChI is InChI=1S/C15H21N3O/c1-16-15(19)13-8-4-10-18(13)12-7-2-5-11-6-3-9-17-14(11)12/h2,5,7,13,17H,3-4,6,8-10H2,1H3,(H,16,19). The van der Waals surface area contributed by atoms with Gasteiger partial charge in [0.2, 0.25) is 5.91 Å². The molecule has 4 nitrogen and oxygen atoms in total. The third kappa shape index (κ3) is 2.15. The number of aryl methyl sites for hydroxylation is 1. The second kappa shape index (κ2) is 5.11. The van der Waals surface area contributed by atoms with Crippen LogP contribution in [0.1, 0.15) is 24.8 Å². The van der Waals surface area contributed by atoms with Crippen LogP contribution in [0.15, 0.2) is 18.2 Å². The Morgan fingerprint density at radius 3 is 3.16 bits per heavy atom. The predicted molar refractivity (Wildman–Crippen MR) is 77.7 cm³/mol. The molecule has 1 fully saturated rings. The molecule has 2 aliphatic heterocycles. The zero-order valence-corrected chi connectivity index (χ0v) is 11.4. The average Bonchev–Trinajstić information content (AvgIpc) is 2.95. The van der Waals surface area contributed by atoms with E-state index >= 15 is 0 Å². The highest BCUT2D eigenvalue weighted by Gasteiger charge is 2.32. The van der Waals surface area contributed by atoms with E-state index < -0.39 is 0 Å². The first kappa shape index (κ1) is 12.3. The molecule has 0 aliphatic carbocycles. The molecule has 1 aromatic rings. The van der Waals surface area contributed by atoms with Crippen LogP contribution >= 0.6 is 0 Å². The van der Waals surface area contributed by atoms with E-state index in [2.05, 4.69) is 33.7 Å². The second-order valence-corrected chi connectivity index (χ2v) is 5.31. The number of nitrogens with one attached hydrogen (secondary N) is 2. The average molecular weight is 259 g/mol. The molecule has 0 saturated carbocycles. The van der Waals surface area contributed by atoms with Crippen LogP contribution in [0, 0.1) is 0 Å². The molecular weight excluding hydrogens is 238 g/mol. The van der Waals surface area contributed by atoms with Gasteiger partial charge in [0.25, 0.3) is 0 Å². The van der Waals surface area contributed by atoms with Crippen LogP contribution in [0.25, 0.3) is 0 Å². The lowest BCUT2D eigenvalue weighted by atomic mass is 10.0. The number of carbonyl (C=O) groups is 1. The van der Waals surface area contributed by atoms with Crippen molar-refractivity contribution in [3.05, 3.63) is 23.8 Å². The van der Waals surface area contributed by atoms with Crippen LogP contribution < -0.4 is 15.5 Å². The van der Waals surface area contributed by atoms with Crippen molar-refractivity contribution in [1.82, 2.24) is 5.32 Å². The highest BCUT2D eigenvalue weighted by molar-refractivity contribution is 5.88. The molecule has 0 aromatic heterocycles. The minimum absolute atomic E-state index is 0.0137. The Morgan fingerprint density at radius 1 is 1.42 bits per heavy atom. The van der Waals surface area contributed by atoms with Gasteiger partial charge in [-0.15, -0.1) is 0 Å². The number of carbonyl (C=O) groups excluding carboxylic acids is 1. The zero-order chi connectivity index (χ0) is 13.2. The Balaban J connectivity index is 1.95. The summed E-state index contributed by atoms with van der Waals surface area (Å²) < 4.78 is 0. The number of likely N-dealkylation sites (N-methyl/N-ethyl adjacent to an activating group) is 1. The Kier molecular flexibility index (Phi) is 3.32. The molecule has 1 atom stereocenters. The summed E-state index contributed by atoms with van der Waals surface area (Å²) in [5.74, 6) is 0.130. The number of rotatable bonds is 2. The van der Waals surface area contributed by atoms with Crippen molar-refractivity contribution in [2.75, 3.05) is 30.4 Å². The minimum Gasteiger partial charge on any atom is -0.383 e. The Morgan fingerprint density at radius 2 is 2.32 bits per heavy atom. The van der Waals surface area contributed by atoms with Crippen LogP contribution in [-0.4, -0.2) is 32.1 Å². The SMILES string of the molecule is CNC(=O)C1CCCN1c1cccc2c1NCCC2. The van der Waals surface area contributed by atoms with Gasteiger partial charge in [-0.2, -0.15) is 0 Å². The van der Waals surface area contributed by atoms with Gasteiger partial charge in [-0.3, -0.25) is 4.79 Å². The Labute approximate surface area is 114 Å². The van der Waals surface area contributed by atoms with Crippen molar-refractivity contribution in [2.24, 2.45) is 0 Å². The number of amides is 1. The van der Waals surface area contributed by atoms with E-state index in [9.17, 15) is 4.79 Å². The van der Waals surface area contributed by atoms with Crippen molar-refractivity contribution >= 4 is 17.3 Å². The van der Waals surface area contributed by atoms with Gasteiger partial charge in [0.05, 0.1) is 11.4 Å². The molecule has 1 amide bonds. The minimum atomic E-state index is -0.0137. The van der Waals surface area contributed by atoms with E-state index in [1.54, 1.807) is 7.05 Å². The van der Waals surface area contributed by atoms with Crippen molar-refractivity contribution in [1.29, 1.82) is 0 Å². The van der Waals surface area contributed by atoms with E-state index in [4.69, 9.17) is 0 Å². The molecule has 1 saturated heterocycles. The molecule has 1 aromatic carbocycles. The van der Waals surface area contributed by atoms with E-state index in [-0.39, 0.29) is 11.9 Å². The molecule has 0 radical (unpaired) electrons. The fraction of sp³-hybridized carbons (Fsp3) is 0.533. The zero-order valence-electron chi connectivity index (χ0n) is 11.4. The smallest absolute Gasteiger partial charge is 0.242 e.